The highest BCUT2D eigenvalue weighted by molar-refractivity contribution is 5.20. The predicted octanol–water partition coefficient (Wildman–Crippen LogP) is 9.15. The third kappa shape index (κ3) is 6.11. The van der Waals surface area contributed by atoms with Crippen LogP contribution in [0.1, 0.15) is 121 Å². The summed E-state index contributed by atoms with van der Waals surface area (Å²) in [5.41, 5.74) is 1.61. The number of fused-ring (bicyclic) bond motifs is 1. The number of unbranched alkanes of at least 4 members (excludes halogenated alkanes) is 2. The van der Waals surface area contributed by atoms with Gasteiger partial charge in [0, 0.05) is 0 Å². The summed E-state index contributed by atoms with van der Waals surface area (Å²) in [5.74, 6) is 6.15. The zero-order valence-electron chi connectivity index (χ0n) is 19.2. The Morgan fingerprint density at radius 2 is 1.24 bits per heavy atom. The van der Waals surface area contributed by atoms with Crippen LogP contribution < -0.4 is 0 Å². The molecule has 0 spiro atoms. The second-order valence-corrected chi connectivity index (χ2v) is 11.1. The molecule has 0 aromatic heterocycles. The maximum absolute atomic E-state index is 2.37. The van der Waals surface area contributed by atoms with E-state index >= 15 is 0 Å². The maximum Gasteiger partial charge on any atom is -0.0159 e. The Bertz CT molecular complexity index is 567. The first-order chi connectivity index (χ1) is 14.3. The molecule has 1 aromatic rings. The van der Waals surface area contributed by atoms with Gasteiger partial charge in [-0.3, -0.25) is 0 Å². The molecule has 0 bridgehead atoms. The van der Waals surface area contributed by atoms with Crippen LogP contribution >= 0.6 is 0 Å². The first-order valence-corrected chi connectivity index (χ1v) is 13.4. The Balaban J connectivity index is 1.14. The normalized spacial score (nSPS) is 35.2. The highest BCUT2D eigenvalue weighted by Crippen LogP contribution is 2.48. The van der Waals surface area contributed by atoms with Crippen LogP contribution in [0.15, 0.2) is 30.3 Å². The number of rotatable bonds is 8. The summed E-state index contributed by atoms with van der Waals surface area (Å²) in [6, 6.07) is 11.4. The summed E-state index contributed by atoms with van der Waals surface area (Å²) in [4.78, 5) is 0. The van der Waals surface area contributed by atoms with Gasteiger partial charge in [-0.1, -0.05) is 108 Å². The van der Waals surface area contributed by atoms with E-state index in [2.05, 4.69) is 37.3 Å². The smallest absolute Gasteiger partial charge is 0.0159 e. The van der Waals surface area contributed by atoms with Crippen LogP contribution in [0.5, 0.6) is 0 Å². The summed E-state index contributed by atoms with van der Waals surface area (Å²) >= 11 is 0. The first kappa shape index (κ1) is 21.5. The van der Waals surface area contributed by atoms with E-state index in [1.165, 1.54) is 57.8 Å². The van der Waals surface area contributed by atoms with Crippen molar-refractivity contribution in [2.75, 3.05) is 0 Å². The van der Waals surface area contributed by atoms with Crippen molar-refractivity contribution >= 4 is 0 Å². The fraction of sp³-hybridized carbons (Fsp3) is 0.793. The summed E-state index contributed by atoms with van der Waals surface area (Å²) in [6.07, 6.45) is 24.2. The molecule has 0 radical (unpaired) electrons. The molecule has 3 aliphatic carbocycles. The Morgan fingerprint density at radius 1 is 0.621 bits per heavy atom. The van der Waals surface area contributed by atoms with Crippen molar-refractivity contribution in [2.45, 2.75) is 116 Å². The van der Waals surface area contributed by atoms with E-state index in [0.717, 1.165) is 35.5 Å². The number of hydrogen-bond donors (Lipinski definition) is 0. The molecule has 4 unspecified atom stereocenters. The van der Waals surface area contributed by atoms with Gasteiger partial charge in [0.25, 0.3) is 0 Å². The average molecular weight is 395 g/mol. The Kier molecular flexibility index (Phi) is 8.15. The van der Waals surface area contributed by atoms with E-state index in [9.17, 15) is 0 Å². The minimum absolute atomic E-state index is 0.849. The van der Waals surface area contributed by atoms with Crippen molar-refractivity contribution in [2.24, 2.45) is 29.6 Å². The molecule has 0 saturated heterocycles. The fourth-order valence-electron chi connectivity index (χ4n) is 7.24. The van der Waals surface area contributed by atoms with Gasteiger partial charge in [-0.25, -0.2) is 0 Å². The molecule has 0 amide bonds. The van der Waals surface area contributed by atoms with Crippen LogP contribution in [0.4, 0.5) is 0 Å². The van der Waals surface area contributed by atoms with Gasteiger partial charge >= 0.3 is 0 Å². The van der Waals surface area contributed by atoms with Crippen LogP contribution in [0.3, 0.4) is 0 Å². The lowest BCUT2D eigenvalue weighted by atomic mass is 9.63. The Morgan fingerprint density at radius 3 is 2.00 bits per heavy atom. The van der Waals surface area contributed by atoms with E-state index in [1.807, 2.05) is 0 Å². The molecular weight excluding hydrogens is 348 g/mol. The highest BCUT2D eigenvalue weighted by Gasteiger charge is 2.36. The molecule has 0 heteroatoms. The quantitative estimate of drug-likeness (QED) is 0.385. The summed E-state index contributed by atoms with van der Waals surface area (Å²) in [7, 11) is 0. The molecule has 162 valence electrons. The SMILES string of the molecule is CCCCCC1CCC(CCC2CCC3CC(c4ccccc4)CCC3C2)CC1. The lowest BCUT2D eigenvalue weighted by molar-refractivity contribution is 0.108. The van der Waals surface area contributed by atoms with Gasteiger partial charge in [0.1, 0.15) is 0 Å². The maximum atomic E-state index is 2.37. The topological polar surface area (TPSA) is 0 Å². The van der Waals surface area contributed by atoms with Crippen LogP contribution in [0, 0.1) is 29.6 Å². The molecule has 3 fully saturated rings. The van der Waals surface area contributed by atoms with E-state index in [-0.39, 0.29) is 0 Å². The lowest BCUT2D eigenvalue weighted by Gasteiger charge is -2.42. The average Bonchev–Trinajstić information content (AvgIpc) is 2.79. The summed E-state index contributed by atoms with van der Waals surface area (Å²) < 4.78 is 0. The molecule has 4 rings (SSSR count). The van der Waals surface area contributed by atoms with Crippen molar-refractivity contribution in [1.82, 2.24) is 0 Å². The van der Waals surface area contributed by atoms with Crippen LogP contribution in [-0.2, 0) is 0 Å². The van der Waals surface area contributed by atoms with Gasteiger partial charge in [0.15, 0.2) is 0 Å². The van der Waals surface area contributed by atoms with Crippen LogP contribution in [0.2, 0.25) is 0 Å². The van der Waals surface area contributed by atoms with Gasteiger partial charge in [-0.15, -0.1) is 0 Å². The molecule has 0 N–H and O–H groups in total. The number of benzene rings is 1. The van der Waals surface area contributed by atoms with Crippen LogP contribution in [0.25, 0.3) is 0 Å². The molecule has 3 saturated carbocycles. The second-order valence-electron chi connectivity index (χ2n) is 11.1. The third-order valence-corrected chi connectivity index (χ3v) is 9.16. The molecule has 4 atom stereocenters. The molecule has 3 aliphatic rings. The first-order valence-electron chi connectivity index (χ1n) is 13.4. The van der Waals surface area contributed by atoms with Crippen molar-refractivity contribution in [1.29, 1.82) is 0 Å². The molecule has 1 aromatic carbocycles. The Hall–Kier alpha value is -0.780. The van der Waals surface area contributed by atoms with Crippen molar-refractivity contribution < 1.29 is 0 Å². The Labute approximate surface area is 181 Å². The largest absolute Gasteiger partial charge is 0.0654 e. The monoisotopic (exact) mass is 394 g/mol. The molecule has 0 aliphatic heterocycles. The van der Waals surface area contributed by atoms with E-state index in [0.29, 0.717) is 0 Å². The highest BCUT2D eigenvalue weighted by atomic mass is 14.4. The van der Waals surface area contributed by atoms with Crippen LogP contribution in [-0.4, -0.2) is 0 Å². The molecule has 29 heavy (non-hydrogen) atoms. The zero-order chi connectivity index (χ0) is 19.9. The fourth-order valence-corrected chi connectivity index (χ4v) is 7.24. The third-order valence-electron chi connectivity index (χ3n) is 9.16. The van der Waals surface area contributed by atoms with E-state index < -0.39 is 0 Å². The molecular formula is C29H46. The van der Waals surface area contributed by atoms with Gasteiger partial charge in [-0.05, 0) is 73.2 Å². The van der Waals surface area contributed by atoms with Gasteiger partial charge in [-0.2, -0.15) is 0 Å². The minimum atomic E-state index is 0.849. The predicted molar refractivity (Wildman–Crippen MR) is 126 cm³/mol. The van der Waals surface area contributed by atoms with Crippen molar-refractivity contribution in [3.8, 4) is 0 Å². The molecule has 0 heterocycles. The van der Waals surface area contributed by atoms with Gasteiger partial charge in [0.2, 0.25) is 0 Å². The van der Waals surface area contributed by atoms with E-state index in [4.69, 9.17) is 0 Å². The summed E-state index contributed by atoms with van der Waals surface area (Å²) in [6.45, 7) is 2.33. The standard InChI is InChI=1S/C29H46/c1-2-3-5-8-23-11-13-24(14-12-23)15-16-25-17-18-29-22-28(20-19-27(29)21-25)26-9-6-4-7-10-26/h4,6-7,9-10,23-25,27-29H,2-3,5,8,11-22H2,1H3. The van der Waals surface area contributed by atoms with Gasteiger partial charge in [0.05, 0.1) is 0 Å². The minimum Gasteiger partial charge on any atom is -0.0654 e. The van der Waals surface area contributed by atoms with Crippen molar-refractivity contribution in [3.05, 3.63) is 35.9 Å². The van der Waals surface area contributed by atoms with Crippen molar-refractivity contribution in [3.63, 3.8) is 0 Å². The zero-order valence-corrected chi connectivity index (χ0v) is 19.2. The second kappa shape index (κ2) is 11.0. The van der Waals surface area contributed by atoms with E-state index in [1.54, 1.807) is 50.5 Å². The lowest BCUT2D eigenvalue weighted by Crippen LogP contribution is -2.30. The number of hydrogen-bond acceptors (Lipinski definition) is 0. The molecule has 0 nitrogen and oxygen atoms in total. The van der Waals surface area contributed by atoms with Gasteiger partial charge < -0.3 is 0 Å². The summed E-state index contributed by atoms with van der Waals surface area (Å²) in [5, 5.41) is 0.